The normalized spacial score (nSPS) is 15.0. The maximum absolute atomic E-state index is 12.9. The number of rotatable bonds is 5. The Kier molecular flexibility index (Phi) is 5.42. The number of carbonyl (C=O) groups excluding carboxylic acids is 2. The second kappa shape index (κ2) is 7.74. The Balaban J connectivity index is 1.64. The van der Waals surface area contributed by atoms with Crippen molar-refractivity contribution in [2.75, 3.05) is 16.8 Å². The summed E-state index contributed by atoms with van der Waals surface area (Å²) in [5, 5.41) is 3.11. The zero-order valence-corrected chi connectivity index (χ0v) is 14.9. The summed E-state index contributed by atoms with van der Waals surface area (Å²) < 4.78 is 18.4. The summed E-state index contributed by atoms with van der Waals surface area (Å²) in [6.45, 7) is 2.24. The van der Waals surface area contributed by atoms with Gasteiger partial charge in [0.15, 0.2) is 6.10 Å². The van der Waals surface area contributed by atoms with E-state index < -0.39 is 6.10 Å². The molecule has 1 unspecified atom stereocenters. The van der Waals surface area contributed by atoms with E-state index >= 15 is 0 Å². The van der Waals surface area contributed by atoms with E-state index in [1.807, 2.05) is 0 Å². The van der Waals surface area contributed by atoms with Crippen LogP contribution < -0.4 is 15.0 Å². The summed E-state index contributed by atoms with van der Waals surface area (Å²) in [6.07, 6.45) is 0.554. The van der Waals surface area contributed by atoms with E-state index in [4.69, 9.17) is 16.3 Å². The fraction of sp³-hybridized carbons (Fsp3) is 0.263. The molecule has 1 N–H and O–H groups in total. The molecule has 26 heavy (non-hydrogen) atoms. The highest BCUT2D eigenvalue weighted by Crippen LogP contribution is 2.31. The zero-order chi connectivity index (χ0) is 18.7. The summed E-state index contributed by atoms with van der Waals surface area (Å²) in [5.41, 5.74) is 1.15. The summed E-state index contributed by atoms with van der Waals surface area (Å²) in [5.74, 6) is -0.295. The third-order valence-corrected chi connectivity index (χ3v) is 4.38. The molecule has 0 radical (unpaired) electrons. The topological polar surface area (TPSA) is 58.6 Å². The van der Waals surface area contributed by atoms with Crippen LogP contribution in [0.15, 0.2) is 42.5 Å². The van der Waals surface area contributed by atoms with Crippen molar-refractivity contribution in [2.24, 2.45) is 0 Å². The fourth-order valence-electron chi connectivity index (χ4n) is 2.72. The average Bonchev–Trinajstić information content (AvgIpc) is 3.03. The fourth-order valence-corrected chi connectivity index (χ4v) is 3.00. The minimum Gasteiger partial charge on any atom is -0.481 e. The quantitative estimate of drug-likeness (QED) is 0.857. The molecule has 0 aromatic heterocycles. The molecule has 1 saturated heterocycles. The van der Waals surface area contributed by atoms with Gasteiger partial charge in [-0.2, -0.15) is 0 Å². The standard InChI is InChI=1S/C19H18ClFN2O3/c1-12(26-15-7-4-13(21)5-8-15)19(25)22-14-6-9-17(16(20)11-14)23-10-2-3-18(23)24/h4-9,11-12H,2-3,10H2,1H3,(H,22,25). The number of nitrogens with one attached hydrogen (secondary N) is 1. The van der Waals surface area contributed by atoms with Gasteiger partial charge in [0, 0.05) is 18.7 Å². The molecule has 1 atom stereocenters. The lowest BCUT2D eigenvalue weighted by Gasteiger charge is -2.19. The average molecular weight is 377 g/mol. The zero-order valence-electron chi connectivity index (χ0n) is 14.2. The molecule has 0 spiro atoms. The van der Waals surface area contributed by atoms with E-state index in [1.54, 1.807) is 30.0 Å². The van der Waals surface area contributed by atoms with Crippen LogP contribution in [0.1, 0.15) is 19.8 Å². The Morgan fingerprint density at radius 3 is 2.62 bits per heavy atom. The Morgan fingerprint density at radius 2 is 2.00 bits per heavy atom. The van der Waals surface area contributed by atoms with Crippen LogP contribution in [0, 0.1) is 5.82 Å². The second-order valence-corrected chi connectivity index (χ2v) is 6.43. The minimum atomic E-state index is -0.779. The first kappa shape index (κ1) is 18.2. The number of anilines is 2. The third kappa shape index (κ3) is 4.14. The van der Waals surface area contributed by atoms with Gasteiger partial charge in [0.2, 0.25) is 5.91 Å². The van der Waals surface area contributed by atoms with Gasteiger partial charge in [-0.3, -0.25) is 9.59 Å². The monoisotopic (exact) mass is 376 g/mol. The first-order valence-corrected chi connectivity index (χ1v) is 8.65. The van der Waals surface area contributed by atoms with Gasteiger partial charge in [0.1, 0.15) is 11.6 Å². The van der Waals surface area contributed by atoms with Crippen LogP contribution in [0.4, 0.5) is 15.8 Å². The highest BCUT2D eigenvalue weighted by molar-refractivity contribution is 6.34. The number of benzene rings is 2. The van der Waals surface area contributed by atoms with Crippen molar-refractivity contribution in [2.45, 2.75) is 25.9 Å². The number of nitrogens with zero attached hydrogens (tertiary/aromatic N) is 1. The first-order valence-electron chi connectivity index (χ1n) is 8.27. The molecular weight excluding hydrogens is 359 g/mol. The van der Waals surface area contributed by atoms with Gasteiger partial charge in [0.25, 0.3) is 5.91 Å². The molecule has 1 aliphatic heterocycles. The number of hydrogen-bond donors (Lipinski definition) is 1. The largest absolute Gasteiger partial charge is 0.481 e. The molecule has 136 valence electrons. The van der Waals surface area contributed by atoms with E-state index in [1.165, 1.54) is 24.3 Å². The maximum Gasteiger partial charge on any atom is 0.265 e. The number of ether oxygens (including phenoxy) is 1. The van der Waals surface area contributed by atoms with Crippen LogP contribution in [-0.4, -0.2) is 24.5 Å². The van der Waals surface area contributed by atoms with Crippen molar-refractivity contribution in [3.05, 3.63) is 53.3 Å². The second-order valence-electron chi connectivity index (χ2n) is 6.02. The lowest BCUT2D eigenvalue weighted by atomic mass is 10.2. The Morgan fingerprint density at radius 1 is 1.27 bits per heavy atom. The van der Waals surface area contributed by atoms with Gasteiger partial charge in [-0.25, -0.2) is 4.39 Å². The molecule has 5 nitrogen and oxygen atoms in total. The van der Waals surface area contributed by atoms with E-state index in [-0.39, 0.29) is 17.6 Å². The number of hydrogen-bond acceptors (Lipinski definition) is 3. The Hall–Kier alpha value is -2.60. The van der Waals surface area contributed by atoms with E-state index in [0.717, 1.165) is 6.42 Å². The van der Waals surface area contributed by atoms with Crippen LogP contribution >= 0.6 is 11.6 Å². The Labute approximate surface area is 155 Å². The summed E-state index contributed by atoms with van der Waals surface area (Å²) in [7, 11) is 0. The van der Waals surface area contributed by atoms with Gasteiger partial charge in [-0.05, 0) is 55.8 Å². The van der Waals surface area contributed by atoms with Gasteiger partial charge in [-0.1, -0.05) is 11.6 Å². The van der Waals surface area contributed by atoms with Crippen LogP contribution in [0.3, 0.4) is 0 Å². The van der Waals surface area contributed by atoms with Crippen LogP contribution in [0.2, 0.25) is 5.02 Å². The molecule has 1 fully saturated rings. The van der Waals surface area contributed by atoms with Crippen molar-refractivity contribution >= 4 is 34.8 Å². The summed E-state index contributed by atoms with van der Waals surface area (Å²) in [6, 6.07) is 10.4. The Bertz CT molecular complexity index is 826. The number of carbonyl (C=O) groups is 2. The van der Waals surface area contributed by atoms with Crippen LogP contribution in [0.5, 0.6) is 5.75 Å². The van der Waals surface area contributed by atoms with Gasteiger partial charge in [0.05, 0.1) is 10.7 Å². The van der Waals surface area contributed by atoms with Gasteiger partial charge >= 0.3 is 0 Å². The van der Waals surface area contributed by atoms with Gasteiger partial charge < -0.3 is 15.0 Å². The maximum atomic E-state index is 12.9. The van der Waals surface area contributed by atoms with Crippen molar-refractivity contribution in [3.8, 4) is 5.75 Å². The molecule has 7 heteroatoms. The molecule has 0 saturated carbocycles. The van der Waals surface area contributed by atoms with E-state index in [2.05, 4.69) is 5.32 Å². The predicted octanol–water partition coefficient (Wildman–Crippen LogP) is 4.01. The smallest absolute Gasteiger partial charge is 0.265 e. The molecule has 1 aliphatic rings. The third-order valence-electron chi connectivity index (χ3n) is 4.08. The molecule has 3 rings (SSSR count). The molecule has 2 amide bonds. The molecule has 0 aliphatic carbocycles. The molecular formula is C19H18ClFN2O3. The molecule has 2 aromatic carbocycles. The van der Waals surface area contributed by atoms with E-state index in [9.17, 15) is 14.0 Å². The lowest BCUT2D eigenvalue weighted by molar-refractivity contribution is -0.122. The first-order chi connectivity index (χ1) is 12.4. The van der Waals surface area contributed by atoms with Crippen molar-refractivity contribution in [1.82, 2.24) is 0 Å². The van der Waals surface area contributed by atoms with Gasteiger partial charge in [-0.15, -0.1) is 0 Å². The number of halogens is 2. The van der Waals surface area contributed by atoms with Crippen molar-refractivity contribution in [3.63, 3.8) is 0 Å². The highest BCUT2D eigenvalue weighted by atomic mass is 35.5. The highest BCUT2D eigenvalue weighted by Gasteiger charge is 2.24. The van der Waals surface area contributed by atoms with Crippen LogP contribution in [0.25, 0.3) is 0 Å². The molecule has 0 bridgehead atoms. The van der Waals surface area contributed by atoms with Crippen molar-refractivity contribution < 1.29 is 18.7 Å². The summed E-state index contributed by atoms with van der Waals surface area (Å²) >= 11 is 6.27. The summed E-state index contributed by atoms with van der Waals surface area (Å²) in [4.78, 5) is 25.7. The minimum absolute atomic E-state index is 0.0463. The van der Waals surface area contributed by atoms with E-state index in [0.29, 0.717) is 35.1 Å². The molecule has 1 heterocycles. The lowest BCUT2D eigenvalue weighted by Crippen LogP contribution is -2.30. The van der Waals surface area contributed by atoms with Crippen LogP contribution in [-0.2, 0) is 9.59 Å². The number of amides is 2. The molecule has 2 aromatic rings. The SMILES string of the molecule is CC(Oc1ccc(F)cc1)C(=O)Nc1ccc(N2CCCC2=O)c(Cl)c1. The predicted molar refractivity (Wildman–Crippen MR) is 98.2 cm³/mol. The van der Waals surface area contributed by atoms with Crippen molar-refractivity contribution in [1.29, 1.82) is 0 Å².